The fourth-order valence-electron chi connectivity index (χ4n) is 2.53. The molecule has 20 heavy (non-hydrogen) atoms. The molecule has 0 saturated carbocycles. The summed E-state index contributed by atoms with van der Waals surface area (Å²) in [6, 6.07) is 17.0. The quantitative estimate of drug-likeness (QED) is 0.780. The van der Waals surface area contributed by atoms with E-state index in [2.05, 4.69) is 66.4 Å². The van der Waals surface area contributed by atoms with Gasteiger partial charge in [0.05, 0.1) is 5.52 Å². The van der Waals surface area contributed by atoms with Gasteiger partial charge in [-0.05, 0) is 32.6 Å². The number of fused-ring (bicyclic) bond motifs is 1. The SMILES string of the molecule is CC(c1cccc2[nH]nc(-c3ccccc3)c12)N(C)C. The van der Waals surface area contributed by atoms with E-state index in [1.165, 1.54) is 10.9 Å². The number of rotatable bonds is 3. The van der Waals surface area contributed by atoms with Crippen LogP contribution < -0.4 is 0 Å². The van der Waals surface area contributed by atoms with Crippen LogP contribution in [0.2, 0.25) is 0 Å². The van der Waals surface area contributed by atoms with E-state index >= 15 is 0 Å². The van der Waals surface area contributed by atoms with Crippen LogP contribution in [-0.2, 0) is 0 Å². The van der Waals surface area contributed by atoms with E-state index in [-0.39, 0.29) is 0 Å². The van der Waals surface area contributed by atoms with Crippen molar-refractivity contribution < 1.29 is 0 Å². The molecule has 1 heterocycles. The van der Waals surface area contributed by atoms with Gasteiger partial charge in [0.1, 0.15) is 5.69 Å². The van der Waals surface area contributed by atoms with Gasteiger partial charge in [-0.3, -0.25) is 5.10 Å². The maximum Gasteiger partial charge on any atom is 0.100 e. The first-order valence-electron chi connectivity index (χ1n) is 6.87. The third-order valence-corrected chi connectivity index (χ3v) is 3.89. The first kappa shape index (κ1) is 12.9. The third kappa shape index (κ3) is 2.10. The molecule has 0 aliphatic heterocycles. The largest absolute Gasteiger partial charge is 0.303 e. The molecule has 3 aromatic rings. The Morgan fingerprint density at radius 3 is 2.45 bits per heavy atom. The van der Waals surface area contributed by atoms with Crippen LogP contribution in [0.3, 0.4) is 0 Å². The minimum absolute atomic E-state index is 0.346. The molecule has 0 aliphatic carbocycles. The van der Waals surface area contributed by atoms with Crippen LogP contribution in [0.1, 0.15) is 18.5 Å². The molecule has 0 fully saturated rings. The van der Waals surface area contributed by atoms with Crippen molar-refractivity contribution in [2.75, 3.05) is 14.1 Å². The summed E-state index contributed by atoms with van der Waals surface area (Å²) in [4.78, 5) is 2.22. The second kappa shape index (κ2) is 5.10. The lowest BCUT2D eigenvalue weighted by molar-refractivity contribution is 0.323. The Labute approximate surface area is 119 Å². The van der Waals surface area contributed by atoms with E-state index in [1.54, 1.807) is 0 Å². The minimum atomic E-state index is 0.346. The fraction of sp³-hybridized carbons (Fsp3) is 0.235. The number of nitrogens with one attached hydrogen (secondary N) is 1. The Hall–Kier alpha value is -2.13. The summed E-state index contributed by atoms with van der Waals surface area (Å²) in [5.41, 5.74) is 4.58. The predicted octanol–water partition coefficient (Wildman–Crippen LogP) is 3.85. The molecule has 0 bridgehead atoms. The maximum absolute atomic E-state index is 4.52. The fourth-order valence-corrected chi connectivity index (χ4v) is 2.53. The van der Waals surface area contributed by atoms with Crippen LogP contribution in [0.5, 0.6) is 0 Å². The van der Waals surface area contributed by atoms with Gasteiger partial charge in [0.15, 0.2) is 0 Å². The molecule has 102 valence electrons. The smallest absolute Gasteiger partial charge is 0.100 e. The second-order valence-corrected chi connectivity index (χ2v) is 5.35. The number of H-pyrrole nitrogens is 1. The van der Waals surface area contributed by atoms with E-state index in [0.29, 0.717) is 6.04 Å². The zero-order valence-corrected chi connectivity index (χ0v) is 12.1. The summed E-state index contributed by atoms with van der Waals surface area (Å²) in [6.07, 6.45) is 0. The number of aromatic amines is 1. The Kier molecular flexibility index (Phi) is 3.28. The first-order valence-corrected chi connectivity index (χ1v) is 6.87. The number of nitrogens with zero attached hydrogens (tertiary/aromatic N) is 2. The highest BCUT2D eigenvalue weighted by Gasteiger charge is 2.16. The zero-order chi connectivity index (χ0) is 14.1. The summed E-state index contributed by atoms with van der Waals surface area (Å²) in [5.74, 6) is 0. The van der Waals surface area contributed by atoms with Gasteiger partial charge >= 0.3 is 0 Å². The predicted molar refractivity (Wildman–Crippen MR) is 83.6 cm³/mol. The molecule has 3 rings (SSSR count). The van der Waals surface area contributed by atoms with Crippen molar-refractivity contribution >= 4 is 10.9 Å². The van der Waals surface area contributed by atoms with Crippen molar-refractivity contribution in [1.82, 2.24) is 15.1 Å². The van der Waals surface area contributed by atoms with Crippen molar-refractivity contribution in [1.29, 1.82) is 0 Å². The van der Waals surface area contributed by atoms with E-state index < -0.39 is 0 Å². The van der Waals surface area contributed by atoms with Crippen LogP contribution in [0.4, 0.5) is 0 Å². The number of benzene rings is 2. The lowest BCUT2D eigenvalue weighted by atomic mass is 9.98. The summed E-state index contributed by atoms with van der Waals surface area (Å²) < 4.78 is 0. The highest BCUT2D eigenvalue weighted by Crippen LogP contribution is 2.33. The lowest BCUT2D eigenvalue weighted by Gasteiger charge is -2.21. The average Bonchev–Trinajstić information content (AvgIpc) is 2.91. The zero-order valence-electron chi connectivity index (χ0n) is 12.1. The van der Waals surface area contributed by atoms with E-state index in [1.807, 2.05) is 18.2 Å². The Morgan fingerprint density at radius 2 is 1.75 bits per heavy atom. The van der Waals surface area contributed by atoms with Crippen molar-refractivity contribution in [2.45, 2.75) is 13.0 Å². The number of hydrogen-bond acceptors (Lipinski definition) is 2. The molecule has 3 nitrogen and oxygen atoms in total. The Balaban J connectivity index is 2.25. The van der Waals surface area contributed by atoms with Crippen LogP contribution >= 0.6 is 0 Å². The molecule has 1 aromatic heterocycles. The monoisotopic (exact) mass is 265 g/mol. The topological polar surface area (TPSA) is 31.9 Å². The van der Waals surface area contributed by atoms with Crippen molar-refractivity contribution in [2.24, 2.45) is 0 Å². The van der Waals surface area contributed by atoms with E-state index in [4.69, 9.17) is 0 Å². The summed E-state index contributed by atoms with van der Waals surface area (Å²) in [5, 5.41) is 8.90. The van der Waals surface area contributed by atoms with Gasteiger partial charge < -0.3 is 4.90 Å². The molecule has 1 atom stereocenters. The highest BCUT2D eigenvalue weighted by atomic mass is 15.1. The summed E-state index contributed by atoms with van der Waals surface area (Å²) >= 11 is 0. The molecule has 0 spiro atoms. The van der Waals surface area contributed by atoms with Gasteiger partial charge in [0.25, 0.3) is 0 Å². The maximum atomic E-state index is 4.52. The molecule has 1 N–H and O–H groups in total. The molecule has 2 aromatic carbocycles. The standard InChI is InChI=1S/C17H19N3/c1-12(20(2)3)14-10-7-11-15-16(14)17(19-18-15)13-8-5-4-6-9-13/h4-12H,1-3H3,(H,18,19). The van der Waals surface area contributed by atoms with Gasteiger partial charge in [-0.1, -0.05) is 42.5 Å². The Morgan fingerprint density at radius 1 is 1.00 bits per heavy atom. The highest BCUT2D eigenvalue weighted by molar-refractivity contribution is 5.95. The molecule has 1 unspecified atom stereocenters. The first-order chi connectivity index (χ1) is 9.68. The van der Waals surface area contributed by atoms with Gasteiger partial charge in [-0.15, -0.1) is 0 Å². The normalized spacial score (nSPS) is 13.0. The van der Waals surface area contributed by atoms with Crippen LogP contribution in [0.25, 0.3) is 22.2 Å². The van der Waals surface area contributed by atoms with Crippen LogP contribution in [0.15, 0.2) is 48.5 Å². The van der Waals surface area contributed by atoms with E-state index in [9.17, 15) is 0 Å². The number of aromatic nitrogens is 2. The van der Waals surface area contributed by atoms with Gasteiger partial charge in [0, 0.05) is 17.0 Å². The van der Waals surface area contributed by atoms with Crippen molar-refractivity contribution in [3.05, 3.63) is 54.1 Å². The van der Waals surface area contributed by atoms with Gasteiger partial charge in [-0.25, -0.2) is 0 Å². The second-order valence-electron chi connectivity index (χ2n) is 5.35. The van der Waals surface area contributed by atoms with Gasteiger partial charge in [0.2, 0.25) is 0 Å². The molecule has 0 radical (unpaired) electrons. The van der Waals surface area contributed by atoms with Crippen LogP contribution in [0, 0.1) is 0 Å². The molecule has 3 heteroatoms. The van der Waals surface area contributed by atoms with Crippen LogP contribution in [-0.4, -0.2) is 29.2 Å². The lowest BCUT2D eigenvalue weighted by Crippen LogP contribution is -2.16. The van der Waals surface area contributed by atoms with Gasteiger partial charge in [-0.2, -0.15) is 5.10 Å². The third-order valence-electron chi connectivity index (χ3n) is 3.89. The molecule has 0 aliphatic rings. The summed E-state index contributed by atoms with van der Waals surface area (Å²) in [6.45, 7) is 2.22. The molecular weight excluding hydrogens is 246 g/mol. The molecule has 0 amide bonds. The molecule has 0 saturated heterocycles. The Bertz CT molecular complexity index is 713. The molecular formula is C17H19N3. The van der Waals surface area contributed by atoms with E-state index in [0.717, 1.165) is 16.8 Å². The van der Waals surface area contributed by atoms with Crippen molar-refractivity contribution in [3.63, 3.8) is 0 Å². The average molecular weight is 265 g/mol. The number of hydrogen-bond donors (Lipinski definition) is 1. The van der Waals surface area contributed by atoms with Crippen molar-refractivity contribution in [3.8, 4) is 11.3 Å². The minimum Gasteiger partial charge on any atom is -0.303 e. The summed E-state index contributed by atoms with van der Waals surface area (Å²) in [7, 11) is 4.21.